The summed E-state index contributed by atoms with van der Waals surface area (Å²) in [4.78, 5) is 0. The highest BCUT2D eigenvalue weighted by molar-refractivity contribution is 6.20. The fourth-order valence-corrected chi connectivity index (χ4v) is 8.91. The van der Waals surface area contributed by atoms with Gasteiger partial charge >= 0.3 is 0 Å². The summed E-state index contributed by atoms with van der Waals surface area (Å²) in [5.41, 5.74) is 16.8. The first-order chi connectivity index (χ1) is 27.8. The minimum atomic E-state index is 1.15. The van der Waals surface area contributed by atoms with Crippen LogP contribution in [0, 0.1) is 0 Å². The summed E-state index contributed by atoms with van der Waals surface area (Å²) in [6.07, 6.45) is 0. The summed E-state index contributed by atoms with van der Waals surface area (Å²) in [5.74, 6) is 0. The molecule has 9 aromatic carbocycles. The number of para-hydroxylation sites is 2. The van der Waals surface area contributed by atoms with Gasteiger partial charge in [-0.25, -0.2) is 0 Å². The van der Waals surface area contributed by atoms with Crippen LogP contribution in [0.1, 0.15) is 0 Å². The number of nitrogens with zero attached hydrogens (tertiary/aromatic N) is 2. The van der Waals surface area contributed by atoms with Crippen molar-refractivity contribution in [2.24, 2.45) is 0 Å². The zero-order valence-electron chi connectivity index (χ0n) is 30.7. The maximum Gasteiger partial charge on any atom is 0.0547 e. The van der Waals surface area contributed by atoms with Gasteiger partial charge in [0.15, 0.2) is 0 Å². The normalized spacial score (nSPS) is 11.6. The van der Waals surface area contributed by atoms with Crippen molar-refractivity contribution in [3.05, 3.63) is 218 Å². The molecule has 2 aromatic heterocycles. The SMILES string of the molecule is c1ccc(-c2cccc(-n3c4ccccc4c4c(-c5ccccc5-c5cccc6c5c5ccccc5n6-c5cccc(-c6ccccc6)c5)cccc43)c2)cc1. The van der Waals surface area contributed by atoms with E-state index in [0.29, 0.717) is 0 Å². The number of hydrogen-bond acceptors (Lipinski definition) is 0. The second-order valence-corrected chi connectivity index (χ2v) is 14.5. The molecule has 11 aromatic rings. The Morgan fingerprint density at radius 2 is 0.571 bits per heavy atom. The third kappa shape index (κ3) is 5.11. The van der Waals surface area contributed by atoms with Crippen LogP contribution in [0.2, 0.25) is 0 Å². The molecule has 0 amide bonds. The molecule has 0 aliphatic rings. The molecule has 0 atom stereocenters. The molecule has 0 aliphatic carbocycles. The van der Waals surface area contributed by atoms with Crippen molar-refractivity contribution in [3.8, 4) is 55.9 Å². The molecule has 0 bridgehead atoms. The van der Waals surface area contributed by atoms with Gasteiger partial charge in [0.1, 0.15) is 0 Å². The second-order valence-electron chi connectivity index (χ2n) is 14.5. The van der Waals surface area contributed by atoms with E-state index in [0.717, 1.165) is 11.4 Å². The molecule has 0 fully saturated rings. The highest BCUT2D eigenvalue weighted by Gasteiger charge is 2.21. The highest BCUT2D eigenvalue weighted by Crippen LogP contribution is 2.45. The largest absolute Gasteiger partial charge is 0.309 e. The first-order valence-electron chi connectivity index (χ1n) is 19.3. The zero-order chi connectivity index (χ0) is 37.0. The molecular weight excluding hydrogens is 677 g/mol. The second kappa shape index (κ2) is 13.2. The Labute approximate surface area is 325 Å². The van der Waals surface area contributed by atoms with Crippen LogP contribution in [0.5, 0.6) is 0 Å². The Kier molecular flexibility index (Phi) is 7.53. The quantitative estimate of drug-likeness (QED) is 0.162. The van der Waals surface area contributed by atoms with E-state index in [1.165, 1.54) is 88.1 Å². The van der Waals surface area contributed by atoms with Crippen LogP contribution < -0.4 is 0 Å². The zero-order valence-corrected chi connectivity index (χ0v) is 30.7. The maximum atomic E-state index is 2.43. The fraction of sp³-hybridized carbons (Fsp3) is 0. The first kappa shape index (κ1) is 32.0. The molecule has 0 saturated carbocycles. The topological polar surface area (TPSA) is 9.86 Å². The third-order valence-electron chi connectivity index (χ3n) is 11.3. The fourth-order valence-electron chi connectivity index (χ4n) is 8.91. The van der Waals surface area contributed by atoms with Gasteiger partial charge in [0, 0.05) is 32.9 Å². The summed E-state index contributed by atoms with van der Waals surface area (Å²) in [6, 6.07) is 79.3. The number of rotatable bonds is 6. The van der Waals surface area contributed by atoms with Gasteiger partial charge in [-0.3, -0.25) is 0 Å². The van der Waals surface area contributed by atoms with Gasteiger partial charge in [-0.1, -0.05) is 170 Å². The smallest absolute Gasteiger partial charge is 0.0547 e. The molecule has 0 N–H and O–H groups in total. The lowest BCUT2D eigenvalue weighted by molar-refractivity contribution is 1.18. The van der Waals surface area contributed by atoms with Crippen molar-refractivity contribution in [1.82, 2.24) is 9.13 Å². The molecule has 0 radical (unpaired) electrons. The van der Waals surface area contributed by atoms with E-state index < -0.39 is 0 Å². The number of fused-ring (bicyclic) bond motifs is 6. The molecule has 56 heavy (non-hydrogen) atoms. The van der Waals surface area contributed by atoms with Crippen molar-refractivity contribution in [2.75, 3.05) is 0 Å². The lowest BCUT2D eigenvalue weighted by atomic mass is 9.90. The molecule has 0 saturated heterocycles. The Hall–Kier alpha value is -7.42. The first-order valence-corrected chi connectivity index (χ1v) is 19.3. The van der Waals surface area contributed by atoms with Gasteiger partial charge in [0.05, 0.1) is 22.1 Å². The standard InChI is InChI=1S/C54H36N2/c1-3-17-37(18-4-1)39-21-13-23-41(35-39)55-49-31-11-9-27-47(49)53-45(29-15-33-51(53)55)43-25-7-8-26-44(43)46-30-16-34-52-54(46)48-28-10-12-32-50(48)56(52)42-24-14-22-40(36-42)38-19-5-2-6-20-38/h1-36H. The highest BCUT2D eigenvalue weighted by atomic mass is 15.0. The van der Waals surface area contributed by atoms with E-state index >= 15 is 0 Å². The van der Waals surface area contributed by atoms with Gasteiger partial charge in [0.25, 0.3) is 0 Å². The average Bonchev–Trinajstić information content (AvgIpc) is 3.80. The van der Waals surface area contributed by atoms with Crippen molar-refractivity contribution in [2.45, 2.75) is 0 Å². The Morgan fingerprint density at radius 1 is 0.232 bits per heavy atom. The number of hydrogen-bond donors (Lipinski definition) is 0. The van der Waals surface area contributed by atoms with Gasteiger partial charge in [-0.2, -0.15) is 0 Å². The minimum Gasteiger partial charge on any atom is -0.309 e. The molecule has 2 heteroatoms. The predicted molar refractivity (Wildman–Crippen MR) is 237 cm³/mol. The molecule has 2 nitrogen and oxygen atoms in total. The Balaban J connectivity index is 1.13. The van der Waals surface area contributed by atoms with Crippen molar-refractivity contribution < 1.29 is 0 Å². The monoisotopic (exact) mass is 712 g/mol. The van der Waals surface area contributed by atoms with E-state index in [1.807, 2.05) is 0 Å². The van der Waals surface area contributed by atoms with Gasteiger partial charge in [-0.05, 0) is 93.0 Å². The molecule has 2 heterocycles. The van der Waals surface area contributed by atoms with Gasteiger partial charge in [-0.15, -0.1) is 0 Å². The summed E-state index contributed by atoms with van der Waals surface area (Å²) in [7, 11) is 0. The lowest BCUT2D eigenvalue weighted by Crippen LogP contribution is -1.95. The Morgan fingerprint density at radius 3 is 1.04 bits per heavy atom. The molecule has 0 spiro atoms. The molecule has 0 unspecified atom stereocenters. The summed E-state index contributed by atoms with van der Waals surface area (Å²) < 4.78 is 4.86. The van der Waals surface area contributed by atoms with Crippen LogP contribution in [0.3, 0.4) is 0 Å². The predicted octanol–water partition coefficient (Wildman–Crippen LogP) is 14.5. The van der Waals surface area contributed by atoms with Crippen LogP contribution in [-0.4, -0.2) is 9.13 Å². The maximum absolute atomic E-state index is 2.43. The van der Waals surface area contributed by atoms with Crippen LogP contribution >= 0.6 is 0 Å². The van der Waals surface area contributed by atoms with Crippen molar-refractivity contribution in [3.63, 3.8) is 0 Å². The molecule has 262 valence electrons. The van der Waals surface area contributed by atoms with E-state index in [4.69, 9.17) is 0 Å². The van der Waals surface area contributed by atoms with Crippen LogP contribution in [-0.2, 0) is 0 Å². The minimum absolute atomic E-state index is 1.15. The van der Waals surface area contributed by atoms with Crippen molar-refractivity contribution >= 4 is 43.6 Å². The molecular formula is C54H36N2. The van der Waals surface area contributed by atoms with E-state index in [1.54, 1.807) is 0 Å². The van der Waals surface area contributed by atoms with Crippen molar-refractivity contribution in [1.29, 1.82) is 0 Å². The Bertz CT molecular complexity index is 3020. The summed E-state index contributed by atoms with van der Waals surface area (Å²) >= 11 is 0. The number of benzene rings is 9. The van der Waals surface area contributed by atoms with Crippen LogP contribution in [0.25, 0.3) is 99.5 Å². The third-order valence-corrected chi connectivity index (χ3v) is 11.3. The van der Waals surface area contributed by atoms with E-state index in [9.17, 15) is 0 Å². The van der Waals surface area contributed by atoms with Gasteiger partial charge in [0.2, 0.25) is 0 Å². The average molecular weight is 713 g/mol. The van der Waals surface area contributed by atoms with E-state index in [2.05, 4.69) is 228 Å². The van der Waals surface area contributed by atoms with Crippen LogP contribution in [0.4, 0.5) is 0 Å². The summed E-state index contributed by atoms with van der Waals surface area (Å²) in [6.45, 7) is 0. The van der Waals surface area contributed by atoms with Crippen LogP contribution in [0.15, 0.2) is 218 Å². The molecule has 0 aliphatic heterocycles. The van der Waals surface area contributed by atoms with Gasteiger partial charge < -0.3 is 9.13 Å². The summed E-state index contributed by atoms with van der Waals surface area (Å²) in [5, 5.41) is 5.00. The van der Waals surface area contributed by atoms with E-state index in [-0.39, 0.29) is 0 Å². The lowest BCUT2D eigenvalue weighted by Gasteiger charge is -2.14. The number of aromatic nitrogens is 2. The molecule has 11 rings (SSSR count).